The van der Waals surface area contributed by atoms with Crippen LogP contribution in [0.4, 0.5) is 0 Å². The number of primary amides is 1. The number of rotatable bonds is 9. The molecule has 0 spiro atoms. The minimum Gasteiger partial charge on any atom is -0.669 e. The minimum absolute atomic E-state index is 0.00810. The molecular formula is C18H23BN3O10-. The molecule has 14 heteroatoms. The molecule has 0 unspecified atom stereocenters. The van der Waals surface area contributed by atoms with Gasteiger partial charge in [-0.15, -0.1) is 0 Å². The van der Waals surface area contributed by atoms with Gasteiger partial charge in [0.15, 0.2) is 0 Å². The van der Waals surface area contributed by atoms with Crippen LogP contribution in [0.1, 0.15) is 22.3 Å². The number of aliphatic carboxylic acids is 1. The number of ether oxygens (including phenoxy) is 1. The summed E-state index contributed by atoms with van der Waals surface area (Å²) in [7, 11) is 0. The summed E-state index contributed by atoms with van der Waals surface area (Å²) in [4.78, 5) is 47.4. The van der Waals surface area contributed by atoms with Gasteiger partial charge in [-0.25, -0.2) is 9.59 Å². The highest BCUT2D eigenvalue weighted by Gasteiger charge is 2.35. The Kier molecular flexibility index (Phi) is 6.57. The molecule has 0 bridgehead atoms. The van der Waals surface area contributed by atoms with Crippen LogP contribution in [-0.4, -0.2) is 87.4 Å². The number of hydrogen-bond donors (Lipinski definition) is 6. The number of aromatic carboxylic acids is 1. The maximum Gasteiger partial charge on any atom is 0.430 e. The van der Waals surface area contributed by atoms with Crippen LogP contribution in [0.15, 0.2) is 12.1 Å². The molecule has 1 aromatic carbocycles. The van der Waals surface area contributed by atoms with Gasteiger partial charge in [-0.3, -0.25) is 14.5 Å². The number of nitrogens with zero attached hydrogens (tertiary/aromatic N) is 1. The first-order chi connectivity index (χ1) is 14.9. The molecule has 0 radical (unpaired) electrons. The third-order valence-electron chi connectivity index (χ3n) is 5.13. The van der Waals surface area contributed by atoms with Gasteiger partial charge in [-0.2, -0.15) is 0 Å². The van der Waals surface area contributed by atoms with E-state index < -0.39 is 49.1 Å². The van der Waals surface area contributed by atoms with Crippen LogP contribution >= 0.6 is 0 Å². The van der Waals surface area contributed by atoms with Gasteiger partial charge in [0.2, 0.25) is 11.8 Å². The summed E-state index contributed by atoms with van der Waals surface area (Å²) in [6, 6.07) is 1.64. The lowest BCUT2D eigenvalue weighted by Crippen LogP contribution is -2.57. The second kappa shape index (κ2) is 9.02. The van der Waals surface area contributed by atoms with E-state index in [9.17, 15) is 34.3 Å². The Morgan fingerprint density at radius 1 is 1.25 bits per heavy atom. The number of aryl methyl sites for hydroxylation is 1. The van der Waals surface area contributed by atoms with Crippen molar-refractivity contribution in [2.75, 3.05) is 19.6 Å². The zero-order chi connectivity index (χ0) is 23.6. The van der Waals surface area contributed by atoms with E-state index >= 15 is 0 Å². The molecule has 174 valence electrons. The van der Waals surface area contributed by atoms with Crippen molar-refractivity contribution < 1.29 is 48.8 Å². The topological polar surface area (TPSA) is 209 Å². The van der Waals surface area contributed by atoms with E-state index in [4.69, 9.17) is 20.2 Å². The Morgan fingerprint density at radius 3 is 2.53 bits per heavy atom. The Labute approximate surface area is 181 Å². The highest BCUT2D eigenvalue weighted by atomic mass is 16.6. The largest absolute Gasteiger partial charge is 0.669 e. The number of hydrogen-bond acceptors (Lipinski definition) is 9. The smallest absolute Gasteiger partial charge is 0.430 e. The molecule has 1 aromatic rings. The fraction of sp³-hybridized carbons (Fsp3) is 0.444. The van der Waals surface area contributed by atoms with Crippen LogP contribution in [-0.2, 0) is 20.8 Å². The number of carbonyl (C=O) groups is 4. The minimum atomic E-state index is -3.15. The van der Waals surface area contributed by atoms with Crippen LogP contribution in [0.3, 0.4) is 0 Å². The summed E-state index contributed by atoms with van der Waals surface area (Å²) in [6.07, 6.45) is -0.798. The molecule has 0 aromatic heterocycles. The van der Waals surface area contributed by atoms with Crippen LogP contribution in [0.25, 0.3) is 0 Å². The van der Waals surface area contributed by atoms with Gasteiger partial charge in [0.05, 0.1) is 18.7 Å². The maximum absolute atomic E-state index is 12.0. The maximum atomic E-state index is 12.0. The molecule has 7 N–H and O–H groups in total. The van der Waals surface area contributed by atoms with Crippen molar-refractivity contribution in [3.05, 3.63) is 23.3 Å². The Hall–Kier alpha value is -3.36. The van der Waals surface area contributed by atoms with E-state index in [2.05, 4.69) is 5.32 Å². The van der Waals surface area contributed by atoms with E-state index in [1.54, 1.807) is 11.0 Å². The average Bonchev–Trinajstić information content (AvgIpc) is 2.63. The van der Waals surface area contributed by atoms with E-state index in [1.807, 2.05) is 0 Å². The van der Waals surface area contributed by atoms with Gasteiger partial charge in [0.1, 0.15) is 23.5 Å². The number of nitrogens with two attached hydrogens (primary N) is 1. The summed E-state index contributed by atoms with van der Waals surface area (Å²) in [5.41, 5.74) is 5.17. The molecule has 3 rings (SSSR count). The number of likely N-dealkylation sites (tertiary alicyclic amines) is 1. The average molecular weight is 452 g/mol. The van der Waals surface area contributed by atoms with E-state index in [0.29, 0.717) is 5.56 Å². The number of nitrogens with one attached hydrogen (secondary N) is 1. The van der Waals surface area contributed by atoms with Gasteiger partial charge in [0, 0.05) is 13.1 Å². The molecule has 1 saturated heterocycles. The highest BCUT2D eigenvalue weighted by Crippen LogP contribution is 2.38. The molecule has 2 heterocycles. The van der Waals surface area contributed by atoms with Crippen molar-refractivity contribution in [1.29, 1.82) is 0 Å². The molecule has 32 heavy (non-hydrogen) atoms. The lowest BCUT2D eigenvalue weighted by atomic mass is 9.70. The molecule has 2 aliphatic rings. The summed E-state index contributed by atoms with van der Waals surface area (Å²) in [5, 5.41) is 40.4. The predicted molar refractivity (Wildman–Crippen MR) is 107 cm³/mol. The van der Waals surface area contributed by atoms with E-state index in [1.165, 1.54) is 6.07 Å². The van der Waals surface area contributed by atoms with Gasteiger partial charge >= 0.3 is 18.7 Å². The molecule has 13 nitrogen and oxygen atoms in total. The number of fused-ring (bicyclic) bond motifs is 1. The quantitative estimate of drug-likeness (QED) is 0.221. The van der Waals surface area contributed by atoms with Gasteiger partial charge < -0.3 is 40.7 Å². The van der Waals surface area contributed by atoms with Crippen LogP contribution < -0.4 is 20.4 Å². The number of benzene rings is 1. The van der Waals surface area contributed by atoms with Crippen LogP contribution in [0.2, 0.25) is 6.32 Å². The van der Waals surface area contributed by atoms with Crippen molar-refractivity contribution in [1.82, 2.24) is 10.2 Å². The number of carbonyl (C=O) groups excluding carboxylic acids is 2. The lowest BCUT2D eigenvalue weighted by Gasteiger charge is -2.40. The first kappa shape index (κ1) is 23.3. The van der Waals surface area contributed by atoms with Crippen LogP contribution in [0.5, 0.6) is 11.5 Å². The standard InChI is InChI=1S/C18H23BN3O10/c20-13(23)5-11(17(25)26)21-14(24)8-22-6-10(7-22)31-12-2-1-9-3-4-19(29,30)32-16(9)15(12)18(27)28/h1-2,10-11,29-30H,3-8H2,(H2,20,23)(H,21,24)(H,25,26)(H,27,28)/q-1/t11-/m1/s1. The normalized spacial score (nSPS) is 18.4. The Bertz CT molecular complexity index is 947. The van der Waals surface area contributed by atoms with Gasteiger partial charge in [-0.05, 0) is 18.1 Å². The molecule has 0 aliphatic carbocycles. The summed E-state index contributed by atoms with van der Waals surface area (Å²) < 4.78 is 10.8. The Balaban J connectivity index is 1.58. The van der Waals surface area contributed by atoms with Crippen molar-refractivity contribution >= 4 is 30.5 Å². The summed E-state index contributed by atoms with van der Waals surface area (Å²) >= 11 is 0. The zero-order valence-electron chi connectivity index (χ0n) is 16.9. The monoisotopic (exact) mass is 452 g/mol. The first-order valence-electron chi connectivity index (χ1n) is 9.83. The fourth-order valence-corrected chi connectivity index (χ4v) is 3.58. The number of carboxylic acids is 2. The molecular weight excluding hydrogens is 429 g/mol. The zero-order valence-corrected chi connectivity index (χ0v) is 16.9. The lowest BCUT2D eigenvalue weighted by molar-refractivity contribution is -0.143. The predicted octanol–water partition coefficient (Wildman–Crippen LogP) is -2.25. The molecule has 2 amide bonds. The number of amides is 2. The number of carboxylic acid groups (broad SMARTS) is 2. The van der Waals surface area contributed by atoms with Crippen molar-refractivity contribution in [2.45, 2.75) is 31.3 Å². The van der Waals surface area contributed by atoms with Crippen LogP contribution in [0, 0.1) is 0 Å². The molecule has 1 fully saturated rings. The van der Waals surface area contributed by atoms with E-state index in [0.717, 1.165) is 0 Å². The molecule has 0 saturated carbocycles. The third-order valence-corrected chi connectivity index (χ3v) is 5.13. The third kappa shape index (κ3) is 5.46. The van der Waals surface area contributed by atoms with Crippen molar-refractivity contribution in [3.8, 4) is 11.5 Å². The second-order valence-corrected chi connectivity index (χ2v) is 7.81. The second-order valence-electron chi connectivity index (χ2n) is 7.81. The summed E-state index contributed by atoms with van der Waals surface area (Å²) in [6.45, 7) is -2.79. The fourth-order valence-electron chi connectivity index (χ4n) is 3.58. The molecule has 2 aliphatic heterocycles. The summed E-state index contributed by atoms with van der Waals surface area (Å²) in [5.74, 6) is -4.36. The highest BCUT2D eigenvalue weighted by molar-refractivity contribution is 6.59. The van der Waals surface area contributed by atoms with Crippen molar-refractivity contribution in [2.24, 2.45) is 5.73 Å². The Morgan fingerprint density at radius 2 is 1.94 bits per heavy atom. The van der Waals surface area contributed by atoms with Gasteiger partial charge in [0.25, 0.3) is 0 Å². The van der Waals surface area contributed by atoms with E-state index in [-0.39, 0.29) is 49.4 Å². The molecule has 1 atom stereocenters. The van der Waals surface area contributed by atoms with Gasteiger partial charge in [-0.1, -0.05) is 12.4 Å². The first-order valence-corrected chi connectivity index (χ1v) is 9.83. The SMILES string of the molecule is NC(=O)C[C@@H](NC(=O)CN1CC(Oc2ccc3c(c2C(=O)O)O[B-](O)(O)CC3)C1)C(=O)O. The van der Waals surface area contributed by atoms with Crippen molar-refractivity contribution in [3.63, 3.8) is 0 Å².